The fourth-order valence-electron chi connectivity index (χ4n) is 10.4. The number of ether oxygens (including phenoxy) is 1. The van der Waals surface area contributed by atoms with E-state index in [0.29, 0.717) is 41.5 Å². The van der Waals surface area contributed by atoms with Gasteiger partial charge in [0.1, 0.15) is 4.32 Å². The summed E-state index contributed by atoms with van der Waals surface area (Å²) in [7, 11) is -45.5. The summed E-state index contributed by atoms with van der Waals surface area (Å²) in [6.07, 6.45) is 0.255. The number of carbonyl (C=O) groups excluding carboxylic acids is 1. The molecule has 83 heavy (non-hydrogen) atoms. The van der Waals surface area contributed by atoms with Crippen LogP contribution in [0.15, 0.2) is 243 Å². The minimum absolute atomic E-state index is 0.000286. The van der Waals surface area contributed by atoms with Crippen molar-refractivity contribution in [1.82, 2.24) is 0 Å². The molecule has 27 heteroatoms. The number of alkyl halides is 1. The lowest BCUT2D eigenvalue weighted by Crippen LogP contribution is -2.92. The van der Waals surface area contributed by atoms with Gasteiger partial charge in [-0.15, -0.1) is 0 Å². The van der Waals surface area contributed by atoms with E-state index in [2.05, 4.69) is 15.9 Å². The zero-order valence-corrected chi connectivity index (χ0v) is 56.7. The van der Waals surface area contributed by atoms with E-state index in [9.17, 15) is 4.79 Å². The first-order valence-electron chi connectivity index (χ1n) is 27.0. The zero-order valence-electron chi connectivity index (χ0n) is 45.1. The van der Waals surface area contributed by atoms with Crippen molar-refractivity contribution in [2.75, 3.05) is 6.61 Å². The third-order valence-corrected chi connectivity index (χ3v) is 54.1. The smallest absolute Gasteiger partial charge is 0.465 e. The van der Waals surface area contributed by atoms with Crippen LogP contribution in [0.2, 0.25) is 12.6 Å². The lowest BCUT2D eigenvalue weighted by atomic mass is 10.2. The predicted octanol–water partition coefficient (Wildman–Crippen LogP) is 4.77. The largest absolute Gasteiger partial charge is 0.515 e. The van der Waals surface area contributed by atoms with E-state index < -0.39 is 99.3 Å². The number of carbonyl (C=O) groups is 1. The van der Waals surface area contributed by atoms with Gasteiger partial charge in [-0.05, 0) is 32.9 Å². The molecule has 2 radical (unpaired) electrons. The van der Waals surface area contributed by atoms with Gasteiger partial charge in [0.25, 0.3) is 0 Å². The molecule has 4 atom stereocenters. The molecule has 0 spiro atoms. The quantitative estimate of drug-likeness (QED) is 0.0674. The molecule has 8 aromatic carbocycles. The molecule has 0 saturated carbocycles. The van der Waals surface area contributed by atoms with E-state index in [-0.39, 0.29) is 19.1 Å². The average Bonchev–Trinajstić information content (AvgIpc) is 0.864. The molecule has 6 fully saturated rings. The Kier molecular flexibility index (Phi) is 15.6. The monoisotopic (exact) mass is 1340 g/mol. The lowest BCUT2D eigenvalue weighted by molar-refractivity contribution is -0.145. The summed E-state index contributed by atoms with van der Waals surface area (Å²) in [5.41, 5.74) is 0. The summed E-state index contributed by atoms with van der Waals surface area (Å²) in [5, 5.41) is 3.91. The van der Waals surface area contributed by atoms with Crippen molar-refractivity contribution in [2.24, 2.45) is 0 Å². The van der Waals surface area contributed by atoms with Crippen molar-refractivity contribution in [3.63, 3.8) is 0 Å². The van der Waals surface area contributed by atoms with Gasteiger partial charge in [0.05, 0.1) is 6.61 Å². The van der Waals surface area contributed by atoms with Crippen LogP contribution < -0.4 is 41.5 Å². The van der Waals surface area contributed by atoms with E-state index in [4.69, 9.17) is 62.3 Å². The molecule has 0 aliphatic carbocycles. The number of rotatable bonds is 13. The number of fused-ring (bicyclic) bond motifs is 4. The first kappa shape index (κ1) is 57.4. The standard InChI is InChI=1S/C56H55BrO16Si10/c1-56(2,57)55(58)59-45-28-46-75(3)62-78(49-33-16-6-17-34-49)68-80(51-37-20-8-21-38-51)64-76(47-29-12-4-13-30-47)60-74-61-77(48-31-14-5-15-32-48)66-82(72-80,53-41-24-10-25-42-53)70-79(63-75,50-35-18-7-19-36-50)71-83(67-77,54-43-26-11-27-44-54)73-81(65-76,69-78)52-39-22-9-23-40-52/h4-27,29-44H,28,45-46H2,1-3H3. The highest BCUT2D eigenvalue weighted by Gasteiger charge is 2.82. The maximum absolute atomic E-state index is 13.5. The topological polar surface area (TPSA) is 156 Å². The molecule has 16 nitrogen and oxygen atoms in total. The molecular weight excluding hydrogens is 1290 g/mol. The number of hydrogen-bond donors (Lipinski definition) is 0. The van der Waals surface area contributed by atoms with Gasteiger partial charge in [0, 0.05) is 41.5 Å². The van der Waals surface area contributed by atoms with Gasteiger partial charge < -0.3 is 62.3 Å². The maximum atomic E-state index is 13.5. The first-order chi connectivity index (χ1) is 40.2. The average molecular weight is 1340 g/mol. The van der Waals surface area contributed by atoms with Crippen LogP contribution in [-0.4, -0.2) is 106 Å². The third kappa shape index (κ3) is 10.8. The van der Waals surface area contributed by atoms with Crippen LogP contribution in [0.4, 0.5) is 0 Å². The Hall–Kier alpha value is -4.68. The van der Waals surface area contributed by atoms with E-state index in [1.54, 1.807) is 13.8 Å². The summed E-state index contributed by atoms with van der Waals surface area (Å²) in [6, 6.07) is 76.2. The summed E-state index contributed by atoms with van der Waals surface area (Å²) in [4.78, 5) is 13.5. The third-order valence-electron chi connectivity index (χ3n) is 14.3. The predicted molar refractivity (Wildman–Crippen MR) is 331 cm³/mol. The van der Waals surface area contributed by atoms with Crippen LogP contribution in [0, 0.1) is 0 Å². The lowest BCUT2D eigenvalue weighted by Gasteiger charge is -2.59. The van der Waals surface area contributed by atoms with Crippen LogP contribution in [0.5, 0.6) is 0 Å². The molecule has 0 aromatic heterocycles. The second-order valence-corrected chi connectivity index (χ2v) is 50.6. The van der Waals surface area contributed by atoms with Crippen molar-refractivity contribution >= 4 is 152 Å². The molecule has 0 amide bonds. The van der Waals surface area contributed by atoms with E-state index in [1.807, 2.05) is 249 Å². The van der Waals surface area contributed by atoms with Crippen molar-refractivity contribution < 1.29 is 67.1 Å². The van der Waals surface area contributed by atoms with E-state index in [0.717, 1.165) is 0 Å². The first-order valence-corrected chi connectivity index (χ1v) is 44.9. The van der Waals surface area contributed by atoms with E-state index >= 15 is 0 Å². The Bertz CT molecular complexity index is 3230. The van der Waals surface area contributed by atoms with Crippen LogP contribution in [0.1, 0.15) is 20.3 Å². The second kappa shape index (κ2) is 22.6. The van der Waals surface area contributed by atoms with Crippen LogP contribution in [0.25, 0.3) is 0 Å². The summed E-state index contributed by atoms with van der Waals surface area (Å²) in [6.45, 7) is 5.43. The molecule has 14 rings (SSSR count). The molecule has 8 bridgehead atoms. The maximum Gasteiger partial charge on any atom is 0.515 e. The zero-order chi connectivity index (χ0) is 56.9. The number of esters is 1. The van der Waals surface area contributed by atoms with Crippen molar-refractivity contribution in [3.8, 4) is 0 Å². The molecule has 6 heterocycles. The molecule has 6 aliphatic heterocycles. The Labute approximate surface area is 502 Å². The van der Waals surface area contributed by atoms with Gasteiger partial charge in [-0.1, -0.05) is 259 Å². The van der Waals surface area contributed by atoms with E-state index in [1.165, 1.54) is 0 Å². The number of benzene rings is 8. The number of hydrogen-bond acceptors (Lipinski definition) is 16. The second-order valence-electron chi connectivity index (χ2n) is 20.7. The normalized spacial score (nSPS) is 32.2. The molecule has 6 saturated heterocycles. The van der Waals surface area contributed by atoms with Gasteiger partial charge in [-0.25, -0.2) is 0 Å². The molecule has 8 aromatic rings. The van der Waals surface area contributed by atoms with Crippen LogP contribution in [0.3, 0.4) is 0 Å². The fraction of sp³-hybridized carbons (Fsp3) is 0.125. The highest BCUT2D eigenvalue weighted by atomic mass is 79.9. The van der Waals surface area contributed by atoms with Gasteiger partial charge in [0.15, 0.2) is 0 Å². The minimum Gasteiger partial charge on any atom is -0.465 e. The fourth-order valence-corrected chi connectivity index (χ4v) is 61.9. The Morgan fingerprint density at radius 3 is 0.795 bits per heavy atom. The summed E-state index contributed by atoms with van der Waals surface area (Å²) in [5.74, 6) is -0.439. The van der Waals surface area contributed by atoms with Gasteiger partial charge in [-0.2, -0.15) is 0 Å². The van der Waals surface area contributed by atoms with Crippen LogP contribution in [-0.2, 0) is 67.1 Å². The molecule has 0 N–H and O–H groups in total. The molecule has 422 valence electrons. The van der Waals surface area contributed by atoms with Crippen molar-refractivity contribution in [2.45, 2.75) is 37.2 Å². The number of halogens is 1. The molecular formula is C56H55BrO16Si10. The molecule has 6 aliphatic rings. The van der Waals surface area contributed by atoms with Crippen molar-refractivity contribution in [3.05, 3.63) is 243 Å². The van der Waals surface area contributed by atoms with Gasteiger partial charge in [0.2, 0.25) is 0 Å². The molecule has 4 unspecified atom stereocenters. The van der Waals surface area contributed by atoms with Gasteiger partial charge in [-0.3, -0.25) is 4.79 Å². The van der Waals surface area contributed by atoms with Crippen molar-refractivity contribution in [1.29, 1.82) is 0 Å². The summed E-state index contributed by atoms with van der Waals surface area (Å²) >= 11 is 3.49. The highest BCUT2D eigenvalue weighted by molar-refractivity contribution is 9.10. The summed E-state index contributed by atoms with van der Waals surface area (Å²) < 4.78 is 120. The SMILES string of the molecule is CC(C)(Br)C(=O)OCCC[Si]1(C)O[Si]2(c3ccccc3)O[Si]3(c4ccccc4)O[Si]4(c5ccccc5)O[Si]O[Si]5(c6ccccc6)O[Si](c6ccccc6)(O[Si](c6ccccc6)(O1)O[Si](c1ccccc1)(O5)O[Si](c1ccccc1)(O4)O2)O3. The minimum atomic E-state index is -5.14. The Balaban J connectivity index is 1.25. The van der Waals surface area contributed by atoms with Crippen LogP contribution >= 0.6 is 15.9 Å². The Morgan fingerprint density at radius 1 is 0.361 bits per heavy atom. The van der Waals surface area contributed by atoms with Gasteiger partial charge >= 0.3 is 95.0 Å². The Morgan fingerprint density at radius 2 is 0.566 bits per heavy atom. The highest BCUT2D eigenvalue weighted by Crippen LogP contribution is 2.46.